The first-order valence-corrected chi connectivity index (χ1v) is 7.88. The van der Waals surface area contributed by atoms with Crippen molar-refractivity contribution >= 4 is 15.7 Å². The molecule has 1 N–H and O–H groups in total. The molecule has 0 bridgehead atoms. The number of carbonyl (C=O) groups is 1. The Morgan fingerprint density at radius 1 is 1.32 bits per heavy atom. The number of aliphatic hydroxyl groups excluding tert-OH is 1. The van der Waals surface area contributed by atoms with Crippen LogP contribution in [-0.2, 0) is 14.6 Å². The fraction of sp³-hybridized carbons (Fsp3) is 0.462. The summed E-state index contributed by atoms with van der Waals surface area (Å²) < 4.78 is 24.0. The van der Waals surface area contributed by atoms with E-state index in [4.69, 9.17) is 0 Å². The van der Waals surface area contributed by atoms with Crippen molar-refractivity contribution in [3.63, 3.8) is 0 Å². The molecule has 1 heterocycles. The van der Waals surface area contributed by atoms with Crippen LogP contribution in [0.3, 0.4) is 0 Å². The molecule has 0 saturated carbocycles. The van der Waals surface area contributed by atoms with Gasteiger partial charge in [0.15, 0.2) is 9.84 Å². The topological polar surface area (TPSA) is 74.7 Å². The predicted octanol–water partition coefficient (Wildman–Crippen LogP) is 0.444. The van der Waals surface area contributed by atoms with E-state index >= 15 is 0 Å². The van der Waals surface area contributed by atoms with Gasteiger partial charge in [-0.1, -0.05) is 18.2 Å². The summed E-state index contributed by atoms with van der Waals surface area (Å²) in [4.78, 5) is 13.6. The summed E-state index contributed by atoms with van der Waals surface area (Å²) in [6, 6.07) is 8.12. The number of hydrogen-bond acceptors (Lipinski definition) is 4. The number of amides is 1. The van der Waals surface area contributed by atoms with E-state index in [1.165, 1.54) is 17.0 Å². The van der Waals surface area contributed by atoms with Crippen LogP contribution in [0.25, 0.3) is 0 Å². The second-order valence-electron chi connectivity index (χ2n) is 4.66. The molecule has 19 heavy (non-hydrogen) atoms. The molecular formula is C13H17NO4S. The van der Waals surface area contributed by atoms with Crippen molar-refractivity contribution in [3.8, 4) is 0 Å². The highest BCUT2D eigenvalue weighted by Gasteiger charge is 2.25. The maximum absolute atomic E-state index is 12.0. The van der Waals surface area contributed by atoms with Crippen molar-refractivity contribution in [2.75, 3.05) is 18.8 Å². The summed E-state index contributed by atoms with van der Waals surface area (Å²) in [5, 5.41) is 9.34. The predicted molar refractivity (Wildman–Crippen MR) is 70.3 cm³/mol. The molecule has 1 amide bonds. The number of β-amino-alcohol motifs (C(OH)–C–C–N with tert-alkyl or cyclic N) is 1. The molecule has 6 heteroatoms. The van der Waals surface area contributed by atoms with Crippen LogP contribution in [0.15, 0.2) is 35.2 Å². The summed E-state index contributed by atoms with van der Waals surface area (Å²) >= 11 is 0. The SMILES string of the molecule is O=C(CCS(=O)(=O)c1ccccc1)N1CC[C@@H](O)C1. The number of aliphatic hydroxyl groups is 1. The number of nitrogens with zero attached hydrogens (tertiary/aromatic N) is 1. The lowest BCUT2D eigenvalue weighted by atomic mass is 10.3. The van der Waals surface area contributed by atoms with E-state index in [0.717, 1.165) is 0 Å². The summed E-state index contributed by atoms with van der Waals surface area (Å²) in [6.07, 6.45) is 0.0517. The average Bonchev–Trinajstić information content (AvgIpc) is 2.84. The Labute approximate surface area is 112 Å². The molecule has 0 aromatic heterocycles. The molecule has 104 valence electrons. The van der Waals surface area contributed by atoms with E-state index in [1.54, 1.807) is 18.2 Å². The van der Waals surface area contributed by atoms with Gasteiger partial charge < -0.3 is 10.0 Å². The van der Waals surface area contributed by atoms with Gasteiger partial charge in [0.05, 0.1) is 16.8 Å². The van der Waals surface area contributed by atoms with E-state index in [0.29, 0.717) is 19.5 Å². The Balaban J connectivity index is 1.93. The first-order valence-electron chi connectivity index (χ1n) is 6.23. The third-order valence-corrected chi connectivity index (χ3v) is 4.94. The monoisotopic (exact) mass is 283 g/mol. The molecule has 1 aromatic carbocycles. The van der Waals surface area contributed by atoms with Gasteiger partial charge in [0.2, 0.25) is 5.91 Å². The minimum Gasteiger partial charge on any atom is -0.391 e. The third-order valence-electron chi connectivity index (χ3n) is 3.20. The molecule has 0 aliphatic carbocycles. The molecular weight excluding hydrogens is 266 g/mol. The zero-order chi connectivity index (χ0) is 13.9. The van der Waals surface area contributed by atoms with E-state index in [-0.39, 0.29) is 23.0 Å². The quantitative estimate of drug-likeness (QED) is 0.870. The molecule has 0 unspecified atom stereocenters. The van der Waals surface area contributed by atoms with Gasteiger partial charge in [0, 0.05) is 19.5 Å². The number of carbonyl (C=O) groups excluding carboxylic acids is 1. The first-order chi connectivity index (χ1) is 8.99. The fourth-order valence-corrected chi connectivity index (χ4v) is 3.34. The van der Waals surface area contributed by atoms with Crippen LogP contribution >= 0.6 is 0 Å². The van der Waals surface area contributed by atoms with Crippen molar-refractivity contribution < 1.29 is 18.3 Å². The zero-order valence-electron chi connectivity index (χ0n) is 10.5. The van der Waals surface area contributed by atoms with Gasteiger partial charge >= 0.3 is 0 Å². The van der Waals surface area contributed by atoms with Gasteiger partial charge in [-0.2, -0.15) is 0 Å². The largest absolute Gasteiger partial charge is 0.391 e. The molecule has 1 atom stereocenters. The van der Waals surface area contributed by atoms with Gasteiger partial charge in [0.1, 0.15) is 0 Å². The average molecular weight is 283 g/mol. The van der Waals surface area contributed by atoms with Crippen LogP contribution in [0.4, 0.5) is 0 Å². The minimum atomic E-state index is -3.41. The maximum atomic E-state index is 12.0. The molecule has 0 radical (unpaired) electrons. The molecule has 2 rings (SSSR count). The lowest BCUT2D eigenvalue weighted by molar-refractivity contribution is -0.130. The summed E-state index contributed by atoms with van der Waals surface area (Å²) in [5.74, 6) is -0.404. The Kier molecular flexibility index (Phi) is 4.21. The number of hydrogen-bond donors (Lipinski definition) is 1. The van der Waals surface area contributed by atoms with Crippen LogP contribution in [0, 0.1) is 0 Å². The van der Waals surface area contributed by atoms with Gasteiger partial charge in [-0.25, -0.2) is 8.42 Å². The van der Waals surface area contributed by atoms with Crippen molar-refractivity contribution in [2.45, 2.75) is 23.8 Å². The van der Waals surface area contributed by atoms with Gasteiger partial charge in [-0.05, 0) is 18.6 Å². The van der Waals surface area contributed by atoms with Crippen molar-refractivity contribution in [2.24, 2.45) is 0 Å². The van der Waals surface area contributed by atoms with Crippen molar-refractivity contribution in [3.05, 3.63) is 30.3 Å². The van der Waals surface area contributed by atoms with Gasteiger partial charge in [-0.3, -0.25) is 4.79 Å². The number of rotatable bonds is 4. The maximum Gasteiger partial charge on any atom is 0.223 e. The van der Waals surface area contributed by atoms with Gasteiger partial charge in [0.25, 0.3) is 0 Å². The van der Waals surface area contributed by atoms with E-state index in [1.807, 2.05) is 0 Å². The Morgan fingerprint density at radius 2 is 2.00 bits per heavy atom. The van der Waals surface area contributed by atoms with Crippen LogP contribution in [0.5, 0.6) is 0 Å². The number of benzene rings is 1. The first kappa shape index (κ1) is 14.0. The molecule has 1 aliphatic rings. The van der Waals surface area contributed by atoms with Crippen LogP contribution < -0.4 is 0 Å². The van der Waals surface area contributed by atoms with Crippen molar-refractivity contribution in [1.82, 2.24) is 4.90 Å². The highest BCUT2D eigenvalue weighted by molar-refractivity contribution is 7.91. The van der Waals surface area contributed by atoms with E-state index in [9.17, 15) is 18.3 Å². The van der Waals surface area contributed by atoms with Crippen LogP contribution in [0.2, 0.25) is 0 Å². The van der Waals surface area contributed by atoms with Crippen LogP contribution in [-0.4, -0.2) is 49.3 Å². The molecule has 5 nitrogen and oxygen atoms in total. The highest BCUT2D eigenvalue weighted by Crippen LogP contribution is 2.14. The standard InChI is InChI=1S/C13H17NO4S/c15-11-6-8-14(10-11)13(16)7-9-19(17,18)12-4-2-1-3-5-12/h1-5,11,15H,6-10H2/t11-/m1/s1. The Morgan fingerprint density at radius 3 is 2.58 bits per heavy atom. The summed E-state index contributed by atoms with van der Waals surface area (Å²) in [7, 11) is -3.41. The van der Waals surface area contributed by atoms with Gasteiger partial charge in [-0.15, -0.1) is 0 Å². The lowest BCUT2D eigenvalue weighted by Crippen LogP contribution is -2.30. The second kappa shape index (κ2) is 5.71. The molecule has 1 aliphatic heterocycles. The summed E-state index contributed by atoms with van der Waals surface area (Å²) in [5.41, 5.74) is 0. The molecule has 1 fully saturated rings. The normalized spacial score (nSPS) is 19.6. The molecule has 1 saturated heterocycles. The fourth-order valence-electron chi connectivity index (χ4n) is 2.09. The summed E-state index contributed by atoms with van der Waals surface area (Å²) in [6.45, 7) is 0.815. The smallest absolute Gasteiger partial charge is 0.223 e. The minimum absolute atomic E-state index is 0.0378. The molecule has 0 spiro atoms. The van der Waals surface area contributed by atoms with E-state index < -0.39 is 15.9 Å². The Bertz CT molecular complexity index is 541. The number of likely N-dealkylation sites (tertiary alicyclic amines) is 1. The highest BCUT2D eigenvalue weighted by atomic mass is 32.2. The van der Waals surface area contributed by atoms with Crippen LogP contribution in [0.1, 0.15) is 12.8 Å². The molecule has 1 aromatic rings. The number of sulfone groups is 1. The second-order valence-corrected chi connectivity index (χ2v) is 6.77. The Hall–Kier alpha value is -1.40. The van der Waals surface area contributed by atoms with Crippen molar-refractivity contribution in [1.29, 1.82) is 0 Å². The zero-order valence-corrected chi connectivity index (χ0v) is 11.3. The lowest BCUT2D eigenvalue weighted by Gasteiger charge is -2.15. The van der Waals surface area contributed by atoms with E-state index in [2.05, 4.69) is 0 Å². The third kappa shape index (κ3) is 3.54.